The van der Waals surface area contributed by atoms with Crippen LogP contribution in [0.3, 0.4) is 0 Å². The maximum absolute atomic E-state index is 12.2. The molecule has 1 aliphatic rings. The Morgan fingerprint density at radius 3 is 3.04 bits per heavy atom. The zero-order valence-electron chi connectivity index (χ0n) is 15.0. The first kappa shape index (κ1) is 18.2. The molecule has 3 rings (SSSR count). The highest BCUT2D eigenvalue weighted by Gasteiger charge is 2.25. The van der Waals surface area contributed by atoms with Crippen molar-refractivity contribution >= 4 is 44.2 Å². The lowest BCUT2D eigenvalue weighted by molar-refractivity contribution is -0.118. The van der Waals surface area contributed by atoms with Crippen LogP contribution in [-0.4, -0.2) is 41.6 Å². The molecule has 2 aromatic rings. The van der Waals surface area contributed by atoms with Crippen LogP contribution in [0.5, 0.6) is 0 Å². The highest BCUT2D eigenvalue weighted by atomic mass is 79.9. The number of nitrogens with zero attached hydrogens (tertiary/aromatic N) is 2. The zero-order chi connectivity index (χ0) is 18.0. The van der Waals surface area contributed by atoms with Gasteiger partial charge >= 0.3 is 0 Å². The summed E-state index contributed by atoms with van der Waals surface area (Å²) in [5.74, 6) is -0.0578. The summed E-state index contributed by atoms with van der Waals surface area (Å²) in [4.78, 5) is 22.2. The van der Waals surface area contributed by atoms with Crippen LogP contribution in [0.1, 0.15) is 33.6 Å². The van der Waals surface area contributed by atoms with Crippen LogP contribution in [0.25, 0.3) is 11.0 Å². The number of anilines is 2. The molecule has 0 bridgehead atoms. The molecule has 0 aromatic carbocycles. The van der Waals surface area contributed by atoms with Gasteiger partial charge in [-0.2, -0.15) is 0 Å². The Labute approximate surface area is 156 Å². The van der Waals surface area contributed by atoms with Crippen molar-refractivity contribution in [3.63, 3.8) is 0 Å². The molecule has 1 saturated heterocycles. The molecular formula is C18H26BrN5O. The molecule has 2 aromatic heterocycles. The fourth-order valence-corrected chi connectivity index (χ4v) is 3.93. The Kier molecular flexibility index (Phi) is 5.64. The van der Waals surface area contributed by atoms with Crippen molar-refractivity contribution in [2.75, 3.05) is 29.9 Å². The summed E-state index contributed by atoms with van der Waals surface area (Å²) < 4.78 is 0.955. The van der Waals surface area contributed by atoms with E-state index in [1.807, 2.05) is 26.2 Å². The zero-order valence-corrected chi connectivity index (χ0v) is 16.6. The first-order chi connectivity index (χ1) is 12.0. The van der Waals surface area contributed by atoms with E-state index in [1.165, 1.54) is 6.42 Å². The molecule has 1 amide bonds. The first-order valence-electron chi connectivity index (χ1n) is 8.96. The van der Waals surface area contributed by atoms with E-state index in [1.54, 1.807) is 0 Å². The largest absolute Gasteiger partial charge is 0.368 e. The number of rotatable bonds is 5. The van der Waals surface area contributed by atoms with E-state index in [9.17, 15) is 4.79 Å². The van der Waals surface area contributed by atoms with Gasteiger partial charge in [0.15, 0.2) is 0 Å². The van der Waals surface area contributed by atoms with Gasteiger partial charge in [-0.1, -0.05) is 20.8 Å². The van der Waals surface area contributed by atoms with Crippen molar-refractivity contribution in [3.8, 4) is 0 Å². The van der Waals surface area contributed by atoms with Crippen molar-refractivity contribution in [1.29, 1.82) is 0 Å². The van der Waals surface area contributed by atoms with Gasteiger partial charge in [0, 0.05) is 37.4 Å². The summed E-state index contributed by atoms with van der Waals surface area (Å²) >= 11 is 3.67. The number of aromatic amines is 1. The van der Waals surface area contributed by atoms with Gasteiger partial charge in [-0.25, -0.2) is 4.98 Å². The highest BCUT2D eigenvalue weighted by Crippen LogP contribution is 2.39. The monoisotopic (exact) mass is 407 g/mol. The lowest BCUT2D eigenvalue weighted by atomic mass is 10.0. The van der Waals surface area contributed by atoms with Crippen molar-refractivity contribution < 1.29 is 4.79 Å². The maximum Gasteiger partial charge on any atom is 0.226 e. The van der Waals surface area contributed by atoms with Gasteiger partial charge in [-0.15, -0.1) is 0 Å². The smallest absolute Gasteiger partial charge is 0.226 e. The van der Waals surface area contributed by atoms with Crippen LogP contribution in [0.15, 0.2) is 16.9 Å². The number of fused-ring (bicyclic) bond motifs is 1. The lowest BCUT2D eigenvalue weighted by Gasteiger charge is -2.35. The van der Waals surface area contributed by atoms with Gasteiger partial charge in [0.1, 0.15) is 5.65 Å². The number of halogens is 1. The summed E-state index contributed by atoms with van der Waals surface area (Å²) in [5, 5.41) is 7.56. The molecule has 1 aliphatic heterocycles. The third kappa shape index (κ3) is 3.82. The minimum absolute atomic E-state index is 0.0102. The molecule has 7 heteroatoms. The average molecular weight is 408 g/mol. The molecule has 3 heterocycles. The maximum atomic E-state index is 12.2. The van der Waals surface area contributed by atoms with Gasteiger partial charge in [0.2, 0.25) is 5.91 Å². The van der Waals surface area contributed by atoms with E-state index in [2.05, 4.69) is 48.4 Å². The molecule has 0 saturated carbocycles. The predicted octanol–water partition coefficient (Wildman–Crippen LogP) is 3.50. The molecule has 0 radical (unpaired) electrons. The Hall–Kier alpha value is -1.60. The van der Waals surface area contributed by atoms with E-state index >= 15 is 0 Å². The van der Waals surface area contributed by atoms with Crippen LogP contribution in [0.4, 0.5) is 11.4 Å². The number of pyridine rings is 1. The predicted molar refractivity (Wildman–Crippen MR) is 106 cm³/mol. The van der Waals surface area contributed by atoms with Crippen molar-refractivity contribution in [3.05, 3.63) is 16.9 Å². The number of piperidine rings is 1. The van der Waals surface area contributed by atoms with Gasteiger partial charge < -0.3 is 20.5 Å². The second-order valence-electron chi connectivity index (χ2n) is 6.87. The van der Waals surface area contributed by atoms with E-state index < -0.39 is 0 Å². The van der Waals surface area contributed by atoms with Crippen molar-refractivity contribution in [1.82, 2.24) is 15.3 Å². The lowest BCUT2D eigenvalue weighted by Crippen LogP contribution is -2.45. The molecule has 0 unspecified atom stereocenters. The summed E-state index contributed by atoms with van der Waals surface area (Å²) in [7, 11) is 0. The number of likely N-dealkylation sites (N-methyl/N-ethyl adjacent to an activating group) is 1. The molecule has 136 valence electrons. The summed E-state index contributed by atoms with van der Waals surface area (Å²) in [6, 6.07) is 0.488. The van der Waals surface area contributed by atoms with E-state index in [0.717, 1.165) is 52.9 Å². The molecule has 0 aliphatic carbocycles. The molecule has 0 spiro atoms. The van der Waals surface area contributed by atoms with E-state index in [-0.39, 0.29) is 11.8 Å². The molecular weight excluding hydrogens is 382 g/mol. The molecule has 1 fully saturated rings. The second-order valence-corrected chi connectivity index (χ2v) is 7.72. The van der Waals surface area contributed by atoms with Gasteiger partial charge in [0.05, 0.1) is 21.2 Å². The van der Waals surface area contributed by atoms with Crippen LogP contribution >= 0.6 is 15.9 Å². The topological polar surface area (TPSA) is 73.1 Å². The first-order valence-corrected chi connectivity index (χ1v) is 9.75. The van der Waals surface area contributed by atoms with Crippen LogP contribution < -0.4 is 15.5 Å². The van der Waals surface area contributed by atoms with Gasteiger partial charge in [-0.3, -0.25) is 4.79 Å². The Morgan fingerprint density at radius 1 is 1.52 bits per heavy atom. The third-order valence-corrected chi connectivity index (χ3v) is 5.22. The van der Waals surface area contributed by atoms with E-state index in [0.29, 0.717) is 6.04 Å². The minimum atomic E-state index is -0.0679. The SMILES string of the molecule is CCN[C@@H]1CCCN(c2c(Br)cnc3[nH]cc(NC(=O)C(C)C)c23)C1. The Morgan fingerprint density at radius 2 is 2.32 bits per heavy atom. The normalized spacial score (nSPS) is 18.1. The number of carbonyl (C=O) groups excluding carboxylic acids is 1. The number of H-pyrrole nitrogens is 1. The number of hydrogen-bond acceptors (Lipinski definition) is 4. The third-order valence-electron chi connectivity index (χ3n) is 4.64. The molecule has 3 N–H and O–H groups in total. The Balaban J connectivity index is 2.00. The average Bonchev–Trinajstić information content (AvgIpc) is 2.98. The summed E-state index contributed by atoms with van der Waals surface area (Å²) in [6.45, 7) is 8.86. The van der Waals surface area contributed by atoms with Gasteiger partial charge in [-0.05, 0) is 35.3 Å². The van der Waals surface area contributed by atoms with E-state index in [4.69, 9.17) is 0 Å². The number of amides is 1. The standard InChI is InChI=1S/C18H26BrN5O/c1-4-20-12-6-5-7-24(10-12)16-13(19)8-21-17-15(16)14(9-22-17)23-18(25)11(2)3/h8-9,11-12,20H,4-7,10H2,1-3H3,(H,21,22)(H,23,25)/t12-/m1/s1. The number of hydrogen-bond donors (Lipinski definition) is 3. The molecule has 6 nitrogen and oxygen atoms in total. The summed E-state index contributed by atoms with van der Waals surface area (Å²) in [5.41, 5.74) is 2.69. The quantitative estimate of drug-likeness (QED) is 0.708. The van der Waals surface area contributed by atoms with Crippen molar-refractivity contribution in [2.24, 2.45) is 5.92 Å². The molecule has 25 heavy (non-hydrogen) atoms. The molecule has 1 atom stereocenters. The van der Waals surface area contributed by atoms with Crippen LogP contribution in [0.2, 0.25) is 0 Å². The second kappa shape index (κ2) is 7.74. The fourth-order valence-electron chi connectivity index (χ4n) is 3.38. The number of carbonyl (C=O) groups is 1. The number of aromatic nitrogens is 2. The fraction of sp³-hybridized carbons (Fsp3) is 0.556. The van der Waals surface area contributed by atoms with Crippen LogP contribution in [-0.2, 0) is 4.79 Å². The van der Waals surface area contributed by atoms with Crippen LogP contribution in [0, 0.1) is 5.92 Å². The minimum Gasteiger partial charge on any atom is -0.368 e. The van der Waals surface area contributed by atoms with Gasteiger partial charge in [0.25, 0.3) is 0 Å². The Bertz CT molecular complexity index is 755. The highest BCUT2D eigenvalue weighted by molar-refractivity contribution is 9.10. The number of nitrogens with one attached hydrogen (secondary N) is 3. The van der Waals surface area contributed by atoms with Crippen molar-refractivity contribution in [2.45, 2.75) is 39.7 Å². The summed E-state index contributed by atoms with van der Waals surface area (Å²) in [6.07, 6.45) is 6.00.